The van der Waals surface area contributed by atoms with E-state index in [-0.39, 0.29) is 16.6 Å². The van der Waals surface area contributed by atoms with Crippen molar-refractivity contribution in [2.45, 2.75) is 56.2 Å². The molecule has 21 heavy (non-hydrogen) atoms. The molecule has 0 unspecified atom stereocenters. The maximum Gasteiger partial charge on any atom is 0.341 e. The lowest BCUT2D eigenvalue weighted by Crippen LogP contribution is -2.30. The van der Waals surface area contributed by atoms with Crippen LogP contribution in [0.1, 0.15) is 39.5 Å². The summed E-state index contributed by atoms with van der Waals surface area (Å²) in [5.41, 5.74) is 0.578. The minimum Gasteiger partial charge on any atom is -0.381 e. The van der Waals surface area contributed by atoms with Crippen LogP contribution in [-0.4, -0.2) is 20.2 Å². The Morgan fingerprint density at radius 1 is 1.19 bits per heavy atom. The van der Waals surface area contributed by atoms with Crippen molar-refractivity contribution in [2.75, 3.05) is 5.32 Å². The lowest BCUT2D eigenvalue weighted by Gasteiger charge is -2.35. The summed E-state index contributed by atoms with van der Waals surface area (Å²) < 4.78 is 48.9. The first-order chi connectivity index (χ1) is 9.72. The van der Waals surface area contributed by atoms with Crippen LogP contribution >= 0.6 is 0 Å². The molecule has 0 atom stereocenters. The molecule has 1 aromatic rings. The van der Waals surface area contributed by atoms with E-state index in [1.807, 2.05) is 0 Å². The number of sulfone groups is 1. The Morgan fingerprint density at radius 2 is 1.76 bits per heavy atom. The Labute approximate surface area is 124 Å². The standard InChI is InChI=1S/C15H21F2NO2S/c1-15(2)9-7-11(8-10-15)18-12-5-3-4-6-13(12)21(19,20)14(16)17/h3-6,11,14,18H,7-10H2,1-2H3. The van der Waals surface area contributed by atoms with Crippen LogP contribution in [0.15, 0.2) is 29.2 Å². The van der Waals surface area contributed by atoms with Crippen molar-refractivity contribution >= 4 is 15.5 Å². The van der Waals surface area contributed by atoms with E-state index in [2.05, 4.69) is 19.2 Å². The van der Waals surface area contributed by atoms with Crippen molar-refractivity contribution in [1.82, 2.24) is 0 Å². The fourth-order valence-electron chi connectivity index (χ4n) is 2.69. The largest absolute Gasteiger partial charge is 0.381 e. The molecule has 1 aromatic carbocycles. The van der Waals surface area contributed by atoms with Gasteiger partial charge in [-0.3, -0.25) is 0 Å². The van der Waals surface area contributed by atoms with Crippen molar-refractivity contribution < 1.29 is 17.2 Å². The van der Waals surface area contributed by atoms with Gasteiger partial charge in [0.15, 0.2) is 0 Å². The van der Waals surface area contributed by atoms with Crippen LogP contribution in [0.3, 0.4) is 0 Å². The van der Waals surface area contributed by atoms with Gasteiger partial charge in [-0.15, -0.1) is 0 Å². The fraction of sp³-hybridized carbons (Fsp3) is 0.600. The summed E-state index contributed by atoms with van der Waals surface area (Å²) in [6.07, 6.45) is 3.90. The van der Waals surface area contributed by atoms with E-state index in [1.165, 1.54) is 12.1 Å². The van der Waals surface area contributed by atoms with Gasteiger partial charge in [-0.2, -0.15) is 8.78 Å². The highest BCUT2D eigenvalue weighted by atomic mass is 32.2. The maximum absolute atomic E-state index is 12.7. The first kappa shape index (κ1) is 16.2. The monoisotopic (exact) mass is 317 g/mol. The van der Waals surface area contributed by atoms with Crippen LogP contribution in [0.4, 0.5) is 14.5 Å². The third-order valence-corrected chi connectivity index (χ3v) is 5.57. The normalized spacial score (nSPS) is 19.7. The predicted octanol–water partition coefficient (Wildman–Crippen LogP) is 4.06. The van der Waals surface area contributed by atoms with Gasteiger partial charge in [0.1, 0.15) is 0 Å². The summed E-state index contributed by atoms with van der Waals surface area (Å²) in [6, 6.07) is 6.03. The molecule has 0 saturated heterocycles. The summed E-state index contributed by atoms with van der Waals surface area (Å²) >= 11 is 0. The quantitative estimate of drug-likeness (QED) is 0.911. The average Bonchev–Trinajstić information content (AvgIpc) is 2.41. The Morgan fingerprint density at radius 3 is 2.33 bits per heavy atom. The Balaban J connectivity index is 2.19. The highest BCUT2D eigenvalue weighted by Crippen LogP contribution is 2.37. The van der Waals surface area contributed by atoms with E-state index in [9.17, 15) is 17.2 Å². The van der Waals surface area contributed by atoms with E-state index in [0.717, 1.165) is 25.7 Å². The number of rotatable bonds is 4. The number of benzene rings is 1. The van der Waals surface area contributed by atoms with Crippen LogP contribution in [-0.2, 0) is 9.84 Å². The van der Waals surface area contributed by atoms with Gasteiger partial charge in [0, 0.05) is 6.04 Å². The summed E-state index contributed by atoms with van der Waals surface area (Å²) in [5, 5.41) is 3.14. The van der Waals surface area contributed by atoms with Gasteiger partial charge in [-0.05, 0) is 43.2 Å². The van der Waals surface area contributed by atoms with Gasteiger partial charge >= 0.3 is 5.76 Å². The molecule has 0 heterocycles. The molecule has 2 rings (SSSR count). The molecule has 1 aliphatic rings. The molecule has 0 aromatic heterocycles. The van der Waals surface area contributed by atoms with Crippen molar-refractivity contribution in [3.63, 3.8) is 0 Å². The molecular weight excluding hydrogens is 296 g/mol. The van der Waals surface area contributed by atoms with E-state index < -0.39 is 15.6 Å². The van der Waals surface area contributed by atoms with E-state index in [1.54, 1.807) is 12.1 Å². The number of anilines is 1. The second kappa shape index (κ2) is 5.91. The molecule has 0 aliphatic heterocycles. The second-order valence-corrected chi connectivity index (χ2v) is 8.27. The first-order valence-electron chi connectivity index (χ1n) is 7.10. The van der Waals surface area contributed by atoms with E-state index >= 15 is 0 Å². The predicted molar refractivity (Wildman–Crippen MR) is 79.3 cm³/mol. The minimum absolute atomic E-state index is 0.132. The minimum atomic E-state index is -4.58. The summed E-state index contributed by atoms with van der Waals surface area (Å²) in [4.78, 5) is -0.315. The van der Waals surface area contributed by atoms with Crippen molar-refractivity contribution in [2.24, 2.45) is 5.41 Å². The molecule has 1 aliphatic carbocycles. The molecule has 0 bridgehead atoms. The van der Waals surface area contributed by atoms with Gasteiger partial charge in [-0.1, -0.05) is 26.0 Å². The average molecular weight is 317 g/mol. The zero-order valence-corrected chi connectivity index (χ0v) is 13.1. The van der Waals surface area contributed by atoms with Gasteiger partial charge in [0.2, 0.25) is 9.84 Å². The molecule has 1 saturated carbocycles. The van der Waals surface area contributed by atoms with E-state index in [0.29, 0.717) is 5.41 Å². The van der Waals surface area contributed by atoms with Crippen LogP contribution in [0.5, 0.6) is 0 Å². The molecule has 1 N–H and O–H groups in total. The number of hydrogen-bond acceptors (Lipinski definition) is 3. The molecule has 0 radical (unpaired) electrons. The van der Waals surface area contributed by atoms with E-state index in [4.69, 9.17) is 0 Å². The molecule has 6 heteroatoms. The zero-order chi connectivity index (χ0) is 15.7. The Kier molecular flexibility index (Phi) is 4.56. The lowest BCUT2D eigenvalue weighted by molar-refractivity contribution is 0.232. The summed E-state index contributed by atoms with van der Waals surface area (Å²) in [6.45, 7) is 4.41. The molecule has 1 fully saturated rings. The number of para-hydroxylation sites is 1. The number of nitrogens with one attached hydrogen (secondary N) is 1. The molecule has 0 spiro atoms. The van der Waals surface area contributed by atoms with Crippen molar-refractivity contribution in [1.29, 1.82) is 0 Å². The molecule has 3 nitrogen and oxygen atoms in total. The summed E-state index contributed by atoms with van der Waals surface area (Å²) in [5.74, 6) is -3.40. The van der Waals surface area contributed by atoms with Gasteiger partial charge in [-0.25, -0.2) is 8.42 Å². The van der Waals surface area contributed by atoms with Crippen LogP contribution in [0, 0.1) is 5.41 Å². The number of halogens is 2. The van der Waals surface area contributed by atoms with Gasteiger partial charge < -0.3 is 5.32 Å². The first-order valence-corrected chi connectivity index (χ1v) is 8.65. The SMILES string of the molecule is CC1(C)CCC(Nc2ccccc2S(=O)(=O)C(F)F)CC1. The zero-order valence-electron chi connectivity index (χ0n) is 12.3. The Bertz CT molecular complexity index is 589. The smallest absolute Gasteiger partial charge is 0.341 e. The second-order valence-electron chi connectivity index (χ2n) is 6.38. The van der Waals surface area contributed by atoms with Crippen molar-refractivity contribution in [3.05, 3.63) is 24.3 Å². The number of hydrogen-bond donors (Lipinski definition) is 1. The fourth-order valence-corrected chi connectivity index (χ4v) is 3.59. The van der Waals surface area contributed by atoms with Gasteiger partial charge in [0.25, 0.3) is 0 Å². The number of alkyl halides is 2. The maximum atomic E-state index is 12.7. The van der Waals surface area contributed by atoms with Crippen LogP contribution in [0.25, 0.3) is 0 Å². The Hall–Kier alpha value is -1.17. The van der Waals surface area contributed by atoms with Crippen LogP contribution < -0.4 is 5.32 Å². The lowest BCUT2D eigenvalue weighted by atomic mass is 9.75. The molecular formula is C15H21F2NO2S. The highest BCUT2D eigenvalue weighted by Gasteiger charge is 2.31. The third-order valence-electron chi connectivity index (χ3n) is 4.13. The molecule has 118 valence electrons. The highest BCUT2D eigenvalue weighted by molar-refractivity contribution is 7.91. The topological polar surface area (TPSA) is 46.2 Å². The van der Waals surface area contributed by atoms with Gasteiger partial charge in [0.05, 0.1) is 10.6 Å². The summed E-state index contributed by atoms with van der Waals surface area (Å²) in [7, 11) is -4.58. The van der Waals surface area contributed by atoms with Crippen molar-refractivity contribution in [3.8, 4) is 0 Å². The molecule has 0 amide bonds. The third kappa shape index (κ3) is 3.73. The van der Waals surface area contributed by atoms with Crippen LogP contribution in [0.2, 0.25) is 0 Å².